The fourth-order valence-electron chi connectivity index (χ4n) is 3.52. The third-order valence-corrected chi connectivity index (χ3v) is 5.21. The Kier molecular flexibility index (Phi) is 6.01. The number of rotatable bonds is 4. The number of ether oxygens (including phenoxy) is 2. The first-order valence-corrected chi connectivity index (χ1v) is 10.2. The number of carbonyl (C=O) groups is 1. The van der Waals surface area contributed by atoms with Crippen molar-refractivity contribution in [3.8, 4) is 17.7 Å². The van der Waals surface area contributed by atoms with Gasteiger partial charge in [-0.15, -0.1) is 0 Å². The van der Waals surface area contributed by atoms with Crippen molar-refractivity contribution in [1.82, 2.24) is 14.3 Å². The number of aromatic nitrogens is 2. The lowest BCUT2D eigenvalue weighted by Crippen LogP contribution is -2.41. The lowest BCUT2D eigenvalue weighted by Gasteiger charge is -2.26. The fourth-order valence-corrected chi connectivity index (χ4v) is 3.52. The van der Waals surface area contributed by atoms with E-state index in [4.69, 9.17) is 9.47 Å². The third-order valence-electron chi connectivity index (χ3n) is 5.21. The fraction of sp³-hybridized carbons (Fsp3) is 0.250. The maximum atomic E-state index is 13.3. The normalized spacial score (nSPS) is 14.3. The Bertz CT molecular complexity index is 1310. The van der Waals surface area contributed by atoms with Crippen LogP contribution in [0.4, 0.5) is 0 Å². The van der Waals surface area contributed by atoms with Crippen molar-refractivity contribution in [1.29, 1.82) is 5.26 Å². The average molecular weight is 430 g/mol. The maximum absolute atomic E-state index is 13.3. The molecule has 0 spiro atoms. The number of benzene rings is 1. The minimum absolute atomic E-state index is 0.0341. The molecule has 2 aromatic heterocycles. The topological polar surface area (TPSA) is 96.9 Å². The van der Waals surface area contributed by atoms with E-state index in [9.17, 15) is 14.9 Å². The van der Waals surface area contributed by atoms with Gasteiger partial charge in [-0.2, -0.15) is 10.2 Å². The van der Waals surface area contributed by atoms with Crippen LogP contribution in [0.25, 0.3) is 11.7 Å². The highest BCUT2D eigenvalue weighted by molar-refractivity contribution is 6.02. The number of hydrogen-bond donors (Lipinski definition) is 0. The van der Waals surface area contributed by atoms with Crippen LogP contribution in [0.5, 0.6) is 11.6 Å². The monoisotopic (exact) mass is 430 g/mol. The predicted molar refractivity (Wildman–Crippen MR) is 118 cm³/mol. The zero-order valence-electron chi connectivity index (χ0n) is 17.9. The van der Waals surface area contributed by atoms with E-state index in [1.807, 2.05) is 32.0 Å². The molecule has 1 fully saturated rings. The van der Waals surface area contributed by atoms with Crippen LogP contribution in [0.3, 0.4) is 0 Å². The highest BCUT2D eigenvalue weighted by Crippen LogP contribution is 2.27. The quantitative estimate of drug-likeness (QED) is 0.466. The van der Waals surface area contributed by atoms with E-state index in [2.05, 4.69) is 4.98 Å². The van der Waals surface area contributed by atoms with Gasteiger partial charge in [0.1, 0.15) is 28.6 Å². The molecule has 3 aromatic rings. The molecule has 3 heterocycles. The molecule has 162 valence electrons. The molecule has 4 rings (SSSR count). The Morgan fingerprint density at radius 2 is 2.00 bits per heavy atom. The van der Waals surface area contributed by atoms with Gasteiger partial charge in [0.05, 0.1) is 13.2 Å². The molecule has 0 unspecified atom stereocenters. The molecule has 1 aliphatic rings. The zero-order chi connectivity index (χ0) is 22.7. The summed E-state index contributed by atoms with van der Waals surface area (Å²) in [6.45, 7) is 5.46. The number of carbonyl (C=O) groups excluding carboxylic acids is 1. The molecular formula is C24H22N4O4. The van der Waals surface area contributed by atoms with Gasteiger partial charge in [-0.25, -0.2) is 0 Å². The van der Waals surface area contributed by atoms with Crippen LogP contribution >= 0.6 is 0 Å². The van der Waals surface area contributed by atoms with E-state index in [0.717, 1.165) is 11.1 Å². The van der Waals surface area contributed by atoms with E-state index in [1.54, 1.807) is 30.5 Å². The number of nitriles is 1. The van der Waals surface area contributed by atoms with Crippen molar-refractivity contribution in [3.05, 3.63) is 75.2 Å². The van der Waals surface area contributed by atoms with Gasteiger partial charge in [-0.3, -0.25) is 14.0 Å². The molecular weight excluding hydrogens is 408 g/mol. The van der Waals surface area contributed by atoms with Gasteiger partial charge >= 0.3 is 0 Å². The maximum Gasteiger partial charge on any atom is 0.269 e. The van der Waals surface area contributed by atoms with Gasteiger partial charge in [0.2, 0.25) is 5.88 Å². The van der Waals surface area contributed by atoms with Crippen LogP contribution < -0.4 is 10.3 Å². The standard InChI is InChI=1S/C24H22N4O4/c1-16-6-7-20(17(2)13-16)32-22-19(24(30)28-8-4-3-5-21(28)26-22)14-18(15-25)23(29)27-9-11-31-12-10-27/h3-8,13-14H,9-12H2,1-2H3/b18-14+. The molecule has 0 N–H and O–H groups in total. The van der Waals surface area contributed by atoms with Crippen molar-refractivity contribution in [3.63, 3.8) is 0 Å². The van der Waals surface area contributed by atoms with E-state index >= 15 is 0 Å². The summed E-state index contributed by atoms with van der Waals surface area (Å²) in [5, 5.41) is 9.68. The SMILES string of the molecule is Cc1ccc(Oc2nc3ccccn3c(=O)c2/C=C(\C#N)C(=O)N2CCOCC2)c(C)c1. The molecule has 1 aliphatic heterocycles. The number of pyridine rings is 1. The number of morpholine rings is 1. The minimum Gasteiger partial charge on any atom is -0.438 e. The van der Waals surface area contributed by atoms with Crippen molar-refractivity contribution in [2.45, 2.75) is 13.8 Å². The van der Waals surface area contributed by atoms with Gasteiger partial charge < -0.3 is 14.4 Å². The molecule has 1 saturated heterocycles. The molecule has 0 radical (unpaired) electrons. The largest absolute Gasteiger partial charge is 0.438 e. The first-order valence-electron chi connectivity index (χ1n) is 10.2. The summed E-state index contributed by atoms with van der Waals surface area (Å²) in [5.74, 6) is 0.122. The summed E-state index contributed by atoms with van der Waals surface area (Å²) >= 11 is 0. The predicted octanol–water partition coefficient (Wildman–Crippen LogP) is 2.87. The van der Waals surface area contributed by atoms with Gasteiger partial charge in [0.25, 0.3) is 11.5 Å². The number of aryl methyl sites for hydroxylation is 2. The second-order valence-corrected chi connectivity index (χ2v) is 7.51. The summed E-state index contributed by atoms with van der Waals surface area (Å²) < 4.78 is 12.7. The van der Waals surface area contributed by atoms with E-state index in [-0.39, 0.29) is 17.0 Å². The Morgan fingerprint density at radius 3 is 2.72 bits per heavy atom. The Labute approximate surface area is 184 Å². The van der Waals surface area contributed by atoms with Gasteiger partial charge in [0.15, 0.2) is 0 Å². The molecule has 1 amide bonds. The van der Waals surface area contributed by atoms with Crippen LogP contribution in [-0.2, 0) is 9.53 Å². The lowest BCUT2D eigenvalue weighted by atomic mass is 10.1. The van der Waals surface area contributed by atoms with E-state index in [0.29, 0.717) is 37.7 Å². The molecule has 0 saturated carbocycles. The lowest BCUT2D eigenvalue weighted by molar-refractivity contribution is -0.130. The smallest absolute Gasteiger partial charge is 0.269 e. The highest BCUT2D eigenvalue weighted by Gasteiger charge is 2.23. The highest BCUT2D eigenvalue weighted by atomic mass is 16.5. The van der Waals surface area contributed by atoms with Crippen LogP contribution in [-0.4, -0.2) is 46.5 Å². The Balaban J connectivity index is 1.84. The molecule has 0 aliphatic carbocycles. The Hall–Kier alpha value is -3.96. The van der Waals surface area contributed by atoms with Crippen LogP contribution in [0, 0.1) is 25.2 Å². The Morgan fingerprint density at radius 1 is 1.22 bits per heavy atom. The zero-order valence-corrected chi connectivity index (χ0v) is 17.9. The summed E-state index contributed by atoms with van der Waals surface area (Å²) in [5.41, 5.74) is 1.79. The molecule has 0 bridgehead atoms. The summed E-state index contributed by atoms with van der Waals surface area (Å²) in [4.78, 5) is 32.2. The van der Waals surface area contributed by atoms with Crippen LogP contribution in [0.15, 0.2) is 53.0 Å². The minimum atomic E-state index is -0.453. The van der Waals surface area contributed by atoms with Crippen molar-refractivity contribution in [2.75, 3.05) is 26.3 Å². The molecule has 1 aromatic carbocycles. The van der Waals surface area contributed by atoms with Gasteiger partial charge in [-0.1, -0.05) is 23.8 Å². The van der Waals surface area contributed by atoms with E-state index < -0.39 is 11.5 Å². The summed E-state index contributed by atoms with van der Waals surface area (Å²) in [6.07, 6.45) is 2.85. The molecule has 8 heteroatoms. The molecule has 8 nitrogen and oxygen atoms in total. The second kappa shape index (κ2) is 9.04. The summed E-state index contributed by atoms with van der Waals surface area (Å²) in [6, 6.07) is 12.7. The first-order chi connectivity index (χ1) is 15.5. The first kappa shape index (κ1) is 21.3. The van der Waals surface area contributed by atoms with Crippen LogP contribution in [0.1, 0.15) is 16.7 Å². The van der Waals surface area contributed by atoms with Crippen LogP contribution in [0.2, 0.25) is 0 Å². The average Bonchev–Trinajstić information content (AvgIpc) is 2.81. The van der Waals surface area contributed by atoms with Gasteiger partial charge in [0, 0.05) is 19.3 Å². The number of amides is 1. The molecule has 32 heavy (non-hydrogen) atoms. The van der Waals surface area contributed by atoms with Gasteiger partial charge in [-0.05, 0) is 43.7 Å². The van der Waals surface area contributed by atoms with E-state index in [1.165, 1.54) is 15.4 Å². The van der Waals surface area contributed by atoms with Crippen molar-refractivity contribution >= 4 is 17.6 Å². The number of hydrogen-bond acceptors (Lipinski definition) is 6. The number of fused-ring (bicyclic) bond motifs is 1. The van der Waals surface area contributed by atoms with Crippen molar-refractivity contribution < 1.29 is 14.3 Å². The second-order valence-electron chi connectivity index (χ2n) is 7.51. The van der Waals surface area contributed by atoms with Crippen molar-refractivity contribution in [2.24, 2.45) is 0 Å². The number of nitrogens with zero attached hydrogens (tertiary/aromatic N) is 4. The third kappa shape index (κ3) is 4.24. The molecule has 0 atom stereocenters. The summed E-state index contributed by atoms with van der Waals surface area (Å²) in [7, 11) is 0.